The summed E-state index contributed by atoms with van der Waals surface area (Å²) in [5.41, 5.74) is 1.24. The van der Waals surface area contributed by atoms with E-state index in [0.29, 0.717) is 11.1 Å². The zero-order valence-electron chi connectivity index (χ0n) is 9.99. The smallest absolute Gasteiger partial charge is 0.406 e. The molecule has 1 aromatic carbocycles. The van der Waals surface area contributed by atoms with Gasteiger partial charge in [-0.3, -0.25) is 4.79 Å². The molecule has 0 spiro atoms. The predicted molar refractivity (Wildman–Crippen MR) is 62.0 cm³/mol. The first kappa shape index (κ1) is 14.3. The first-order chi connectivity index (χ1) is 8.31. The second-order valence-electron chi connectivity index (χ2n) is 4.03. The van der Waals surface area contributed by atoms with Crippen LogP contribution >= 0.6 is 0 Å². The van der Waals surface area contributed by atoms with Crippen LogP contribution in [0.15, 0.2) is 29.8 Å². The second-order valence-corrected chi connectivity index (χ2v) is 4.03. The Morgan fingerprint density at radius 3 is 2.17 bits per heavy atom. The van der Waals surface area contributed by atoms with Crippen molar-refractivity contribution in [3.8, 4) is 5.75 Å². The number of aldehydes is 1. The summed E-state index contributed by atoms with van der Waals surface area (Å²) >= 11 is 0. The van der Waals surface area contributed by atoms with Crippen LogP contribution in [0, 0.1) is 5.92 Å². The quantitative estimate of drug-likeness (QED) is 0.606. The average Bonchev–Trinajstić information content (AvgIpc) is 2.25. The third-order valence-corrected chi connectivity index (χ3v) is 2.25. The molecule has 0 N–H and O–H groups in total. The van der Waals surface area contributed by atoms with E-state index in [2.05, 4.69) is 4.74 Å². The summed E-state index contributed by atoms with van der Waals surface area (Å²) in [6, 6.07) is 5.35. The fourth-order valence-corrected chi connectivity index (χ4v) is 1.29. The fraction of sp³-hybridized carbons (Fsp3) is 0.308. The normalized spacial score (nSPS) is 12.7. The third kappa shape index (κ3) is 4.61. The maximum Gasteiger partial charge on any atom is 0.573 e. The van der Waals surface area contributed by atoms with E-state index in [0.717, 1.165) is 6.29 Å². The number of rotatable bonds is 4. The zero-order valence-corrected chi connectivity index (χ0v) is 9.99. The predicted octanol–water partition coefficient (Wildman–Crippen LogP) is 3.82. The highest BCUT2D eigenvalue weighted by Crippen LogP contribution is 2.23. The number of carbonyl (C=O) groups is 1. The topological polar surface area (TPSA) is 26.3 Å². The number of hydrogen-bond acceptors (Lipinski definition) is 2. The van der Waals surface area contributed by atoms with Crippen LogP contribution in [-0.2, 0) is 4.79 Å². The van der Waals surface area contributed by atoms with Crippen LogP contribution in [-0.4, -0.2) is 12.6 Å². The van der Waals surface area contributed by atoms with Gasteiger partial charge in [0.15, 0.2) is 0 Å². The first-order valence-electron chi connectivity index (χ1n) is 5.34. The Morgan fingerprint density at radius 1 is 1.22 bits per heavy atom. The van der Waals surface area contributed by atoms with E-state index in [1.54, 1.807) is 6.08 Å². The van der Waals surface area contributed by atoms with Crippen LogP contribution in [0.4, 0.5) is 13.2 Å². The number of allylic oxidation sites excluding steroid dienone is 1. The lowest BCUT2D eigenvalue weighted by molar-refractivity contribution is -0.274. The molecule has 1 rings (SSSR count). The number of hydrogen-bond donors (Lipinski definition) is 0. The molecule has 0 radical (unpaired) electrons. The Morgan fingerprint density at radius 2 is 1.78 bits per heavy atom. The number of alkyl halides is 3. The molecule has 0 aliphatic heterocycles. The molecule has 2 nitrogen and oxygen atoms in total. The van der Waals surface area contributed by atoms with Crippen molar-refractivity contribution in [1.82, 2.24) is 0 Å². The van der Waals surface area contributed by atoms with Crippen molar-refractivity contribution >= 4 is 12.4 Å². The van der Waals surface area contributed by atoms with Gasteiger partial charge < -0.3 is 4.74 Å². The van der Waals surface area contributed by atoms with Crippen molar-refractivity contribution in [2.75, 3.05) is 0 Å². The van der Waals surface area contributed by atoms with Gasteiger partial charge in [-0.1, -0.05) is 26.0 Å². The highest BCUT2D eigenvalue weighted by Gasteiger charge is 2.30. The Kier molecular flexibility index (Phi) is 4.53. The van der Waals surface area contributed by atoms with Gasteiger partial charge in [0.05, 0.1) is 0 Å². The van der Waals surface area contributed by atoms with Crippen molar-refractivity contribution in [2.45, 2.75) is 20.2 Å². The molecule has 18 heavy (non-hydrogen) atoms. The summed E-state index contributed by atoms with van der Waals surface area (Å²) in [5, 5.41) is 0. The molecule has 0 bridgehead atoms. The minimum absolute atomic E-state index is 0.0635. The van der Waals surface area contributed by atoms with Crippen LogP contribution in [0.5, 0.6) is 5.75 Å². The molecule has 98 valence electrons. The maximum absolute atomic E-state index is 11.9. The van der Waals surface area contributed by atoms with Gasteiger partial charge in [-0.25, -0.2) is 0 Å². The molecule has 0 aliphatic carbocycles. The highest BCUT2D eigenvalue weighted by atomic mass is 19.4. The van der Waals surface area contributed by atoms with Crippen molar-refractivity contribution in [2.24, 2.45) is 5.92 Å². The molecule has 0 saturated carbocycles. The van der Waals surface area contributed by atoms with E-state index in [1.807, 2.05) is 13.8 Å². The number of ether oxygens (including phenoxy) is 1. The van der Waals surface area contributed by atoms with Gasteiger partial charge in [0.1, 0.15) is 12.0 Å². The van der Waals surface area contributed by atoms with Gasteiger partial charge in [0.25, 0.3) is 0 Å². The molecular weight excluding hydrogens is 245 g/mol. The van der Waals surface area contributed by atoms with E-state index < -0.39 is 6.36 Å². The minimum Gasteiger partial charge on any atom is -0.406 e. The van der Waals surface area contributed by atoms with Crippen LogP contribution in [0.1, 0.15) is 19.4 Å². The van der Waals surface area contributed by atoms with Gasteiger partial charge in [0, 0.05) is 0 Å². The first-order valence-corrected chi connectivity index (χ1v) is 5.34. The summed E-state index contributed by atoms with van der Waals surface area (Å²) in [6.45, 7) is 3.72. The second kappa shape index (κ2) is 5.71. The Hall–Kier alpha value is -1.78. The van der Waals surface area contributed by atoms with Gasteiger partial charge in [0.2, 0.25) is 0 Å². The largest absolute Gasteiger partial charge is 0.573 e. The van der Waals surface area contributed by atoms with Crippen LogP contribution in [0.25, 0.3) is 6.08 Å². The molecule has 1 aromatic rings. The summed E-state index contributed by atoms with van der Waals surface area (Å²) in [7, 11) is 0. The Balaban J connectivity index is 2.86. The SMILES string of the molecule is CC(C)C(C=O)=Cc1ccc(OC(F)(F)F)cc1. The molecule has 0 unspecified atom stereocenters. The molecule has 0 fully saturated rings. The Bertz CT molecular complexity index is 431. The summed E-state index contributed by atoms with van der Waals surface area (Å²) in [4.78, 5) is 10.8. The number of carbonyl (C=O) groups excluding carboxylic acids is 1. The minimum atomic E-state index is -4.69. The van der Waals surface area contributed by atoms with E-state index in [9.17, 15) is 18.0 Å². The summed E-state index contributed by atoms with van der Waals surface area (Å²) in [5.74, 6) is -0.217. The van der Waals surface area contributed by atoms with Crippen molar-refractivity contribution in [1.29, 1.82) is 0 Å². The number of halogens is 3. The van der Waals surface area contributed by atoms with Gasteiger partial charge in [-0.15, -0.1) is 13.2 Å². The summed E-state index contributed by atoms with van der Waals surface area (Å²) < 4.78 is 39.5. The lowest BCUT2D eigenvalue weighted by atomic mass is 10.0. The number of benzene rings is 1. The summed E-state index contributed by atoms with van der Waals surface area (Å²) in [6.07, 6.45) is -2.32. The van der Waals surface area contributed by atoms with Crippen LogP contribution < -0.4 is 4.74 Å². The molecule has 0 atom stereocenters. The molecular formula is C13H13F3O2. The van der Waals surface area contributed by atoms with E-state index in [-0.39, 0.29) is 11.7 Å². The Labute approximate surface area is 103 Å². The monoisotopic (exact) mass is 258 g/mol. The maximum atomic E-state index is 11.9. The van der Waals surface area contributed by atoms with Crippen molar-refractivity contribution < 1.29 is 22.7 Å². The molecule has 0 aromatic heterocycles. The van der Waals surface area contributed by atoms with E-state index >= 15 is 0 Å². The highest BCUT2D eigenvalue weighted by molar-refractivity contribution is 5.82. The van der Waals surface area contributed by atoms with E-state index in [1.165, 1.54) is 24.3 Å². The lowest BCUT2D eigenvalue weighted by Gasteiger charge is -2.09. The van der Waals surface area contributed by atoms with Crippen LogP contribution in [0.2, 0.25) is 0 Å². The van der Waals surface area contributed by atoms with Crippen molar-refractivity contribution in [3.63, 3.8) is 0 Å². The van der Waals surface area contributed by atoms with Gasteiger partial charge in [-0.05, 0) is 35.3 Å². The molecule has 0 saturated heterocycles. The van der Waals surface area contributed by atoms with Crippen LogP contribution in [0.3, 0.4) is 0 Å². The third-order valence-electron chi connectivity index (χ3n) is 2.25. The van der Waals surface area contributed by atoms with Gasteiger partial charge >= 0.3 is 6.36 Å². The lowest BCUT2D eigenvalue weighted by Crippen LogP contribution is -2.16. The molecule has 0 heterocycles. The van der Waals surface area contributed by atoms with Gasteiger partial charge in [-0.2, -0.15) is 0 Å². The molecule has 5 heteroatoms. The fourth-order valence-electron chi connectivity index (χ4n) is 1.29. The average molecular weight is 258 g/mol. The zero-order chi connectivity index (χ0) is 13.8. The van der Waals surface area contributed by atoms with E-state index in [4.69, 9.17) is 0 Å². The van der Waals surface area contributed by atoms with Crippen molar-refractivity contribution in [3.05, 3.63) is 35.4 Å². The molecule has 0 amide bonds. The molecule has 0 aliphatic rings. The standard InChI is InChI=1S/C13H13F3O2/c1-9(2)11(8-17)7-10-3-5-12(6-4-10)18-13(14,15)16/h3-9H,1-2H3.